The van der Waals surface area contributed by atoms with E-state index in [1.165, 1.54) is 0 Å². The Morgan fingerprint density at radius 3 is 0.500 bits per heavy atom. The summed E-state index contributed by atoms with van der Waals surface area (Å²) >= 11 is 0. The smallest absolute Gasteiger partial charge is 1.00 e. The van der Waals surface area contributed by atoms with Crippen molar-refractivity contribution in [3.63, 3.8) is 0 Å². The Labute approximate surface area is 169 Å². The molecule has 0 aliphatic carbocycles. The molecule has 32 valence electrons. The Morgan fingerprint density at radius 2 is 0.500 bits per heavy atom. The third-order valence-corrected chi connectivity index (χ3v) is 0. The molecule has 0 nitrogen and oxygen atoms in total. The van der Waals surface area contributed by atoms with Crippen LogP contribution >= 0.6 is 0 Å². The Balaban J connectivity index is 0. The number of halogens is 4. The normalized spacial score (nSPS) is 0. The minimum atomic E-state index is 0. The van der Waals surface area contributed by atoms with Gasteiger partial charge in [0.2, 0.25) is 0 Å². The summed E-state index contributed by atoms with van der Waals surface area (Å²) in [6.45, 7) is 0. The first-order valence-electron chi connectivity index (χ1n) is 0. The molecule has 0 saturated heterocycles. The van der Waals surface area contributed by atoms with E-state index in [9.17, 15) is 0 Å². The van der Waals surface area contributed by atoms with E-state index >= 15 is 0 Å². The quantitative estimate of drug-likeness (QED) is 0.171. The van der Waals surface area contributed by atoms with Crippen LogP contribution in [0.2, 0.25) is 0 Å². The maximum absolute atomic E-state index is 0. The Morgan fingerprint density at radius 1 is 0.500 bits per heavy atom. The summed E-state index contributed by atoms with van der Waals surface area (Å²) in [5.74, 6) is 0. The van der Waals surface area contributed by atoms with Crippen molar-refractivity contribution in [1.82, 2.24) is 0 Å². The maximum atomic E-state index is 0. The van der Waals surface area contributed by atoms with E-state index in [1.807, 2.05) is 0 Å². The van der Waals surface area contributed by atoms with Crippen molar-refractivity contribution in [3.05, 3.63) is 0 Å². The predicted octanol–water partition coefficient (Wildman–Crippen LogP) is -15.0. The van der Waals surface area contributed by atoms with E-state index in [0.717, 1.165) is 0 Å². The van der Waals surface area contributed by atoms with E-state index in [1.54, 1.807) is 0 Å². The SMILES string of the molecule is [Hg+2].[I-].[I-].[I-].[I-].[K+]. The number of rotatable bonds is 0. The molecule has 0 aromatic rings. The van der Waals surface area contributed by atoms with E-state index in [4.69, 9.17) is 0 Å². The summed E-state index contributed by atoms with van der Waals surface area (Å²) < 4.78 is 0. The second-order valence-electron chi connectivity index (χ2n) is 0. The van der Waals surface area contributed by atoms with Crippen molar-refractivity contribution in [1.29, 1.82) is 0 Å². The summed E-state index contributed by atoms with van der Waals surface area (Å²) in [4.78, 5) is 0. The van der Waals surface area contributed by atoms with Crippen LogP contribution in [-0.2, 0) is 27.7 Å². The molecular weight excluding hydrogens is 747 g/mol. The molecule has 6 heteroatoms. The third-order valence-electron chi connectivity index (χ3n) is 0. The molecule has 0 spiro atoms. The summed E-state index contributed by atoms with van der Waals surface area (Å²) in [6, 6.07) is 0. The van der Waals surface area contributed by atoms with Crippen LogP contribution in [0, 0.1) is 0 Å². The fourth-order valence-electron chi connectivity index (χ4n) is 0. The molecule has 0 atom stereocenters. The summed E-state index contributed by atoms with van der Waals surface area (Å²) in [6.07, 6.45) is 0. The van der Waals surface area contributed by atoms with Gasteiger partial charge in [0, 0.05) is 0 Å². The van der Waals surface area contributed by atoms with Gasteiger partial charge in [0.05, 0.1) is 0 Å². The van der Waals surface area contributed by atoms with Gasteiger partial charge in [-0.2, -0.15) is 0 Å². The number of hydrogen-bond acceptors (Lipinski definition) is 0. The molecular formula is HgI4K-. The van der Waals surface area contributed by atoms with Crippen LogP contribution in [0.25, 0.3) is 0 Å². The topological polar surface area (TPSA) is 0 Å². The molecule has 0 aliphatic rings. The van der Waals surface area contributed by atoms with Gasteiger partial charge < -0.3 is 95.9 Å². The van der Waals surface area contributed by atoms with Gasteiger partial charge in [-0.25, -0.2) is 0 Å². The first kappa shape index (κ1) is 41.9. The monoisotopic (exact) mass is 749 g/mol. The van der Waals surface area contributed by atoms with Crippen molar-refractivity contribution in [2.45, 2.75) is 0 Å². The van der Waals surface area contributed by atoms with Gasteiger partial charge in [0.15, 0.2) is 0 Å². The molecule has 0 fully saturated rings. The van der Waals surface area contributed by atoms with Crippen LogP contribution in [0.15, 0.2) is 0 Å². The van der Waals surface area contributed by atoms with E-state index in [0.29, 0.717) is 0 Å². The van der Waals surface area contributed by atoms with Crippen molar-refractivity contribution >= 4 is 0 Å². The summed E-state index contributed by atoms with van der Waals surface area (Å²) in [5, 5.41) is 0. The van der Waals surface area contributed by atoms with Crippen LogP contribution in [0.1, 0.15) is 0 Å². The molecule has 0 rings (SSSR count). The molecule has 0 aromatic heterocycles. The molecule has 6 heavy (non-hydrogen) atoms. The standard InChI is InChI=1S/Hg.4HI.K/h;4*1H;/q+2;;;;;+1/p-4. The van der Waals surface area contributed by atoms with Crippen LogP contribution in [0.4, 0.5) is 0 Å². The zero-order valence-corrected chi connectivity index (χ0v) is 20.5. The maximum Gasteiger partial charge on any atom is 2.00 e. The van der Waals surface area contributed by atoms with Crippen LogP contribution in [0.5, 0.6) is 0 Å². The Bertz CT molecular complexity index is 7.51. The van der Waals surface area contributed by atoms with Gasteiger partial charge in [-0.15, -0.1) is 0 Å². The Kier molecular flexibility index (Phi) is 219. The third kappa shape index (κ3) is 22.7. The first-order chi connectivity index (χ1) is 0. The molecule has 0 N–H and O–H groups in total. The van der Waals surface area contributed by atoms with Gasteiger partial charge in [-0.1, -0.05) is 0 Å². The van der Waals surface area contributed by atoms with Crippen molar-refractivity contribution < 1.29 is 175 Å². The van der Waals surface area contributed by atoms with Crippen molar-refractivity contribution in [2.24, 2.45) is 0 Å². The molecule has 0 unspecified atom stereocenters. The van der Waals surface area contributed by atoms with Crippen molar-refractivity contribution in [3.8, 4) is 0 Å². The fraction of sp³-hybridized carbons (Fsp3) is 0. The molecule has 0 heterocycles. The van der Waals surface area contributed by atoms with Crippen LogP contribution < -0.4 is 147 Å². The second-order valence-corrected chi connectivity index (χ2v) is 0. The van der Waals surface area contributed by atoms with E-state index in [-0.39, 0.29) is 175 Å². The fourth-order valence-corrected chi connectivity index (χ4v) is 0. The van der Waals surface area contributed by atoms with Gasteiger partial charge >= 0.3 is 79.1 Å². The summed E-state index contributed by atoms with van der Waals surface area (Å²) in [5.41, 5.74) is 0. The number of hydrogen-bond donors (Lipinski definition) is 0. The van der Waals surface area contributed by atoms with Gasteiger partial charge in [-0.3, -0.25) is 0 Å². The second kappa shape index (κ2) is 31.3. The Hall–Kier alpha value is 5.49. The average Bonchev–Trinajstić information content (AvgIpc) is 0. The van der Waals surface area contributed by atoms with Gasteiger partial charge in [0.1, 0.15) is 0 Å². The van der Waals surface area contributed by atoms with E-state index in [2.05, 4.69) is 0 Å². The summed E-state index contributed by atoms with van der Waals surface area (Å²) in [7, 11) is 0. The minimum Gasteiger partial charge on any atom is -1.00 e. The first-order valence-corrected chi connectivity index (χ1v) is 0. The largest absolute Gasteiger partial charge is 2.00 e. The zero-order valence-electron chi connectivity index (χ0n) is 3.22. The van der Waals surface area contributed by atoms with Crippen LogP contribution in [-0.4, -0.2) is 0 Å². The molecule has 0 saturated carbocycles. The predicted molar refractivity (Wildman–Crippen MR) is 0 cm³/mol. The minimum absolute atomic E-state index is 0. The van der Waals surface area contributed by atoms with Gasteiger partial charge in [0.25, 0.3) is 0 Å². The molecule has 0 aromatic carbocycles. The van der Waals surface area contributed by atoms with Crippen molar-refractivity contribution in [2.75, 3.05) is 0 Å². The molecule has 0 amide bonds. The average molecular weight is 747 g/mol. The molecule has 0 bridgehead atoms. The van der Waals surface area contributed by atoms with Crippen LogP contribution in [0.3, 0.4) is 0 Å². The molecule has 0 radical (unpaired) electrons. The molecule has 0 aliphatic heterocycles. The zero-order chi connectivity index (χ0) is 0. The van der Waals surface area contributed by atoms with Gasteiger partial charge in [-0.05, 0) is 0 Å². The van der Waals surface area contributed by atoms with E-state index < -0.39 is 0 Å².